The Kier molecular flexibility index (Phi) is 75.3. The van der Waals surface area contributed by atoms with Gasteiger partial charge in [0, 0.05) is 6.42 Å². The van der Waals surface area contributed by atoms with Gasteiger partial charge >= 0.3 is 0 Å². The van der Waals surface area contributed by atoms with Gasteiger partial charge in [-0.15, -0.1) is 0 Å². The van der Waals surface area contributed by atoms with Crippen LogP contribution in [-0.2, 0) is 18.4 Å². The van der Waals surface area contributed by atoms with E-state index in [9.17, 15) is 19.4 Å². The van der Waals surface area contributed by atoms with Gasteiger partial charge in [-0.25, -0.2) is 0 Å². The van der Waals surface area contributed by atoms with Gasteiger partial charge in [-0.3, -0.25) is 9.36 Å². The molecule has 0 aromatic heterocycles. The van der Waals surface area contributed by atoms with Crippen LogP contribution >= 0.6 is 7.82 Å². The Morgan fingerprint density at radius 2 is 0.596 bits per heavy atom. The molecule has 0 rings (SSSR count). The van der Waals surface area contributed by atoms with Gasteiger partial charge in [0.1, 0.15) is 13.2 Å². The van der Waals surface area contributed by atoms with Gasteiger partial charge in [0.2, 0.25) is 5.91 Å². The standard InChI is InChI=1S/C85H169N2O6P/c1-6-8-10-12-14-16-18-20-22-24-26-28-30-32-34-36-38-39-40-41-42-43-44-45-46-47-49-51-53-55-57-59-61-63-65-67-69-71-73-75-77-79-85(89)86-83(82-93-94(90,91)92-81-80-87(3,4)5)84(88)78-76-74-72-70-68-66-64-62-60-58-56-54-52-50-48-37-35-33-31-29-27-25-23-21-19-17-15-13-11-9-7-2/h68,70,76,78,83-84,88H,6-67,69,71-75,77,79-82H2,1-5H3,(H-,86,89,90,91)/b70-68+,78-76+. The minimum Gasteiger partial charge on any atom is -0.756 e. The molecule has 0 bridgehead atoms. The first-order chi connectivity index (χ1) is 46.0. The first-order valence-corrected chi connectivity index (χ1v) is 44.2. The predicted octanol–water partition coefficient (Wildman–Crippen LogP) is 27.5. The van der Waals surface area contributed by atoms with Gasteiger partial charge in [-0.2, -0.15) is 0 Å². The number of amides is 1. The minimum atomic E-state index is -4.61. The molecule has 0 aromatic rings. The number of quaternary nitrogens is 1. The summed E-state index contributed by atoms with van der Waals surface area (Å²) in [5.41, 5.74) is 0. The lowest BCUT2D eigenvalue weighted by atomic mass is 10.0. The number of aliphatic hydroxyl groups is 1. The molecule has 0 saturated heterocycles. The third kappa shape index (κ3) is 78.3. The third-order valence-electron chi connectivity index (χ3n) is 20.2. The number of phosphoric ester groups is 1. The van der Waals surface area contributed by atoms with Crippen molar-refractivity contribution >= 4 is 13.7 Å². The SMILES string of the molecule is CCCCCCCCCCCCCCCCCCCCCCCCCCC/C=C/CC/C=C/C(O)C(COP(=O)([O-])OCC[N+](C)(C)C)NC(=O)CCCCCCCCCCCCCCCCCCCCCCCCCCCCCCCCCCCCCCCCCCC. The maximum absolute atomic E-state index is 13.1. The number of nitrogens with zero attached hydrogens (tertiary/aromatic N) is 1. The fourth-order valence-electron chi connectivity index (χ4n) is 13.6. The fraction of sp³-hybridized carbons (Fsp3) is 0.941. The number of aliphatic hydroxyl groups excluding tert-OH is 1. The number of hydrogen-bond acceptors (Lipinski definition) is 6. The third-order valence-corrected chi connectivity index (χ3v) is 21.1. The Hall–Kier alpha value is -1.02. The molecule has 3 unspecified atom stereocenters. The molecule has 3 atom stereocenters. The number of allylic oxidation sites excluding steroid dienone is 3. The second-order valence-corrected chi connectivity index (χ2v) is 32.3. The summed E-state index contributed by atoms with van der Waals surface area (Å²) >= 11 is 0. The van der Waals surface area contributed by atoms with Crippen LogP contribution in [0.2, 0.25) is 0 Å². The molecular formula is C85H169N2O6P. The number of nitrogens with one attached hydrogen (secondary N) is 1. The van der Waals surface area contributed by atoms with Crippen molar-refractivity contribution in [2.45, 2.75) is 475 Å². The predicted molar refractivity (Wildman–Crippen MR) is 413 cm³/mol. The lowest BCUT2D eigenvalue weighted by molar-refractivity contribution is -0.870. The second-order valence-electron chi connectivity index (χ2n) is 30.9. The highest BCUT2D eigenvalue weighted by Gasteiger charge is 2.23. The number of likely N-dealkylation sites (N-methyl/N-ethyl adjacent to an activating group) is 1. The van der Waals surface area contributed by atoms with Crippen LogP contribution in [0.25, 0.3) is 0 Å². The average Bonchev–Trinajstić information content (AvgIpc) is 1.27. The summed E-state index contributed by atoms with van der Waals surface area (Å²) in [6, 6.07) is -0.903. The van der Waals surface area contributed by atoms with Crippen LogP contribution < -0.4 is 10.2 Å². The Morgan fingerprint density at radius 1 is 0.362 bits per heavy atom. The Balaban J connectivity index is 3.90. The highest BCUT2D eigenvalue weighted by molar-refractivity contribution is 7.45. The highest BCUT2D eigenvalue weighted by Crippen LogP contribution is 2.38. The molecule has 0 fully saturated rings. The van der Waals surface area contributed by atoms with Crippen LogP contribution in [0.15, 0.2) is 24.3 Å². The van der Waals surface area contributed by atoms with Crippen molar-refractivity contribution in [1.29, 1.82) is 0 Å². The number of unbranched alkanes of at least 4 members (excludes halogenated alkanes) is 66. The molecule has 94 heavy (non-hydrogen) atoms. The molecule has 0 aliphatic rings. The van der Waals surface area contributed by atoms with Gasteiger partial charge in [0.25, 0.3) is 7.82 Å². The van der Waals surface area contributed by atoms with E-state index in [1.165, 1.54) is 405 Å². The molecule has 0 aromatic carbocycles. The molecule has 0 aliphatic carbocycles. The molecule has 8 nitrogen and oxygen atoms in total. The van der Waals surface area contributed by atoms with E-state index in [2.05, 4.69) is 31.3 Å². The number of carbonyl (C=O) groups excluding carboxylic acids is 1. The van der Waals surface area contributed by atoms with Gasteiger partial charge < -0.3 is 28.8 Å². The second kappa shape index (κ2) is 76.2. The van der Waals surface area contributed by atoms with E-state index in [0.29, 0.717) is 17.4 Å². The maximum Gasteiger partial charge on any atom is 0.268 e. The zero-order chi connectivity index (χ0) is 68.3. The van der Waals surface area contributed by atoms with Crippen molar-refractivity contribution in [1.82, 2.24) is 5.32 Å². The van der Waals surface area contributed by atoms with E-state index in [1.54, 1.807) is 6.08 Å². The molecule has 1 amide bonds. The van der Waals surface area contributed by atoms with Gasteiger partial charge in [0.05, 0.1) is 39.9 Å². The molecule has 0 radical (unpaired) electrons. The monoisotopic (exact) mass is 1350 g/mol. The van der Waals surface area contributed by atoms with Gasteiger partial charge in [0.15, 0.2) is 0 Å². The zero-order valence-electron chi connectivity index (χ0n) is 64.5. The van der Waals surface area contributed by atoms with Crippen LogP contribution in [0, 0.1) is 0 Å². The Bertz CT molecular complexity index is 1580. The molecule has 0 saturated carbocycles. The van der Waals surface area contributed by atoms with Crippen LogP contribution in [0.5, 0.6) is 0 Å². The van der Waals surface area contributed by atoms with Crippen molar-refractivity contribution < 1.29 is 32.9 Å². The largest absolute Gasteiger partial charge is 0.756 e. The summed E-state index contributed by atoms with van der Waals surface area (Å²) in [7, 11) is 1.27. The fourth-order valence-corrected chi connectivity index (χ4v) is 14.3. The van der Waals surface area contributed by atoms with Gasteiger partial charge in [-0.05, 0) is 32.1 Å². The normalized spacial score (nSPS) is 13.5. The summed E-state index contributed by atoms with van der Waals surface area (Å²) in [5, 5.41) is 14.0. The smallest absolute Gasteiger partial charge is 0.268 e. The number of phosphoric acid groups is 1. The number of carbonyl (C=O) groups is 1. The van der Waals surface area contributed by atoms with Crippen molar-refractivity contribution in [2.75, 3.05) is 40.9 Å². The van der Waals surface area contributed by atoms with E-state index < -0.39 is 20.0 Å². The summed E-state index contributed by atoms with van der Waals surface area (Å²) in [6.45, 7) is 4.71. The topological polar surface area (TPSA) is 108 Å². The molecular weight excluding hydrogens is 1180 g/mol. The lowest BCUT2D eigenvalue weighted by Crippen LogP contribution is -2.45. The van der Waals surface area contributed by atoms with Crippen molar-refractivity contribution in [2.24, 2.45) is 0 Å². The molecule has 9 heteroatoms. The molecule has 2 N–H and O–H groups in total. The zero-order valence-corrected chi connectivity index (χ0v) is 65.4. The molecule has 0 heterocycles. The summed E-state index contributed by atoms with van der Waals surface area (Å²) in [4.78, 5) is 25.7. The lowest BCUT2D eigenvalue weighted by Gasteiger charge is -2.29. The van der Waals surface area contributed by atoms with Gasteiger partial charge in [-0.1, -0.05) is 449 Å². The maximum atomic E-state index is 13.1. The van der Waals surface area contributed by atoms with E-state index in [1.807, 2.05) is 27.2 Å². The van der Waals surface area contributed by atoms with Crippen molar-refractivity contribution in [3.63, 3.8) is 0 Å². The quantitative estimate of drug-likeness (QED) is 0.0272. The number of hydrogen-bond donors (Lipinski definition) is 2. The summed E-state index contributed by atoms with van der Waals surface area (Å²) in [6.07, 6.45) is 103. The van der Waals surface area contributed by atoms with E-state index >= 15 is 0 Å². The van der Waals surface area contributed by atoms with E-state index in [4.69, 9.17) is 9.05 Å². The van der Waals surface area contributed by atoms with Crippen molar-refractivity contribution in [3.8, 4) is 0 Å². The summed E-state index contributed by atoms with van der Waals surface area (Å²) in [5.74, 6) is -0.196. The summed E-state index contributed by atoms with van der Waals surface area (Å²) < 4.78 is 23.5. The Morgan fingerprint density at radius 3 is 0.862 bits per heavy atom. The first-order valence-electron chi connectivity index (χ1n) is 42.7. The molecule has 0 spiro atoms. The van der Waals surface area contributed by atoms with Crippen LogP contribution in [0.3, 0.4) is 0 Å². The Labute approximate surface area is 589 Å². The van der Waals surface area contributed by atoms with Crippen molar-refractivity contribution in [3.05, 3.63) is 24.3 Å². The van der Waals surface area contributed by atoms with Crippen LogP contribution in [0.4, 0.5) is 0 Å². The molecule has 0 aliphatic heterocycles. The van der Waals surface area contributed by atoms with E-state index in [-0.39, 0.29) is 19.1 Å². The first kappa shape index (κ1) is 93.0. The number of rotatable bonds is 81. The van der Waals surface area contributed by atoms with E-state index in [0.717, 1.165) is 38.5 Å². The average molecular weight is 1350 g/mol. The minimum absolute atomic E-state index is 0.00321. The molecule has 560 valence electrons. The van der Waals surface area contributed by atoms with Crippen LogP contribution in [0.1, 0.15) is 463 Å². The highest BCUT2D eigenvalue weighted by atomic mass is 31.2. The van der Waals surface area contributed by atoms with Crippen LogP contribution in [-0.4, -0.2) is 68.5 Å².